The smallest absolute Gasteiger partial charge is 0.326 e. The molecule has 5 nitrogen and oxygen atoms in total. The maximum atomic E-state index is 12.8. The number of urea groups is 1. The Bertz CT molecular complexity index is 767. The van der Waals surface area contributed by atoms with E-state index in [0.29, 0.717) is 12.4 Å². The Balaban J connectivity index is 1.63. The average molecular weight is 312 g/mol. The van der Waals surface area contributed by atoms with Crippen molar-refractivity contribution < 1.29 is 18.7 Å². The van der Waals surface area contributed by atoms with Crippen LogP contribution in [0.5, 0.6) is 5.75 Å². The van der Waals surface area contributed by atoms with Gasteiger partial charge in [0.1, 0.15) is 23.9 Å². The highest BCUT2D eigenvalue weighted by Crippen LogP contribution is 2.16. The van der Waals surface area contributed by atoms with Crippen molar-refractivity contribution in [1.29, 1.82) is 0 Å². The van der Waals surface area contributed by atoms with Crippen LogP contribution in [0.15, 0.2) is 54.2 Å². The van der Waals surface area contributed by atoms with Gasteiger partial charge in [-0.15, -0.1) is 0 Å². The summed E-state index contributed by atoms with van der Waals surface area (Å²) in [4.78, 5) is 22.4. The van der Waals surface area contributed by atoms with Gasteiger partial charge in [-0.2, -0.15) is 0 Å². The van der Waals surface area contributed by atoms with Crippen molar-refractivity contribution in [3.63, 3.8) is 0 Å². The minimum Gasteiger partial charge on any atom is -0.489 e. The third-order valence-corrected chi connectivity index (χ3v) is 3.23. The molecule has 2 aromatic rings. The molecule has 0 spiro atoms. The standard InChI is InChI=1S/C17H13FN2O3/c18-13-5-1-12(2-6-13)10-23-14-7-3-11(4-8-14)9-15-16(21)20-17(22)19-15/h1-9H,10H2,(H2,19,20,21,22)/b15-9-. The van der Waals surface area contributed by atoms with Crippen molar-refractivity contribution in [1.82, 2.24) is 10.6 Å². The molecule has 23 heavy (non-hydrogen) atoms. The molecule has 0 radical (unpaired) electrons. The second-order valence-corrected chi connectivity index (χ2v) is 4.95. The molecule has 1 heterocycles. The number of benzene rings is 2. The zero-order valence-corrected chi connectivity index (χ0v) is 12.0. The fourth-order valence-corrected chi connectivity index (χ4v) is 2.06. The predicted molar refractivity (Wildman–Crippen MR) is 81.8 cm³/mol. The first-order valence-electron chi connectivity index (χ1n) is 6.91. The van der Waals surface area contributed by atoms with E-state index in [1.165, 1.54) is 12.1 Å². The highest BCUT2D eigenvalue weighted by Gasteiger charge is 2.22. The van der Waals surface area contributed by atoms with Crippen molar-refractivity contribution in [3.05, 3.63) is 71.2 Å². The Morgan fingerprint density at radius 2 is 1.65 bits per heavy atom. The molecule has 116 valence electrons. The first kappa shape index (κ1) is 14.8. The number of carbonyl (C=O) groups excluding carboxylic acids is 2. The highest BCUT2D eigenvalue weighted by molar-refractivity contribution is 6.13. The van der Waals surface area contributed by atoms with Crippen LogP contribution in [-0.4, -0.2) is 11.9 Å². The van der Waals surface area contributed by atoms with Crippen LogP contribution in [0, 0.1) is 5.82 Å². The number of rotatable bonds is 4. The van der Waals surface area contributed by atoms with E-state index in [-0.39, 0.29) is 11.5 Å². The van der Waals surface area contributed by atoms with Crippen LogP contribution >= 0.6 is 0 Å². The molecule has 0 atom stereocenters. The molecule has 1 fully saturated rings. The third-order valence-electron chi connectivity index (χ3n) is 3.23. The number of hydrogen-bond acceptors (Lipinski definition) is 3. The number of nitrogens with one attached hydrogen (secondary N) is 2. The lowest BCUT2D eigenvalue weighted by molar-refractivity contribution is -0.115. The van der Waals surface area contributed by atoms with Crippen molar-refractivity contribution in [2.45, 2.75) is 6.61 Å². The summed E-state index contributed by atoms with van der Waals surface area (Å²) in [6.07, 6.45) is 1.57. The molecular formula is C17H13FN2O3. The van der Waals surface area contributed by atoms with Gasteiger partial charge in [-0.1, -0.05) is 24.3 Å². The van der Waals surface area contributed by atoms with Crippen molar-refractivity contribution >= 4 is 18.0 Å². The Morgan fingerprint density at radius 3 is 2.26 bits per heavy atom. The fraction of sp³-hybridized carbons (Fsp3) is 0.0588. The van der Waals surface area contributed by atoms with Crippen LogP contribution < -0.4 is 15.4 Å². The Hall–Kier alpha value is -3.15. The highest BCUT2D eigenvalue weighted by atomic mass is 19.1. The molecule has 1 saturated heterocycles. The molecule has 0 saturated carbocycles. The van der Waals surface area contributed by atoms with Crippen molar-refractivity contribution in [2.75, 3.05) is 0 Å². The van der Waals surface area contributed by atoms with Gasteiger partial charge in [0.25, 0.3) is 5.91 Å². The zero-order chi connectivity index (χ0) is 16.2. The number of amides is 3. The quantitative estimate of drug-likeness (QED) is 0.673. The fourth-order valence-electron chi connectivity index (χ4n) is 2.06. The number of hydrogen-bond donors (Lipinski definition) is 2. The molecule has 0 aromatic heterocycles. The van der Waals surface area contributed by atoms with Crippen LogP contribution in [0.25, 0.3) is 6.08 Å². The number of ether oxygens (including phenoxy) is 1. The minimum absolute atomic E-state index is 0.204. The number of halogens is 1. The maximum absolute atomic E-state index is 12.8. The van der Waals surface area contributed by atoms with Gasteiger partial charge in [0, 0.05) is 0 Å². The average Bonchev–Trinajstić information content (AvgIpc) is 2.86. The molecule has 2 N–H and O–H groups in total. The second kappa shape index (κ2) is 6.31. The van der Waals surface area contributed by atoms with Crippen LogP contribution in [0.3, 0.4) is 0 Å². The summed E-state index contributed by atoms with van der Waals surface area (Å²) in [6.45, 7) is 0.333. The van der Waals surface area contributed by atoms with Gasteiger partial charge >= 0.3 is 6.03 Å². The molecule has 2 aromatic carbocycles. The van der Waals surface area contributed by atoms with Gasteiger partial charge in [0.15, 0.2) is 0 Å². The molecule has 6 heteroatoms. The number of carbonyl (C=O) groups is 2. The topological polar surface area (TPSA) is 67.4 Å². The van der Waals surface area contributed by atoms with E-state index in [1.807, 2.05) is 0 Å². The minimum atomic E-state index is -0.527. The zero-order valence-electron chi connectivity index (χ0n) is 12.0. The van der Waals surface area contributed by atoms with Gasteiger partial charge < -0.3 is 10.1 Å². The van der Waals surface area contributed by atoms with E-state index in [9.17, 15) is 14.0 Å². The lowest BCUT2D eigenvalue weighted by Gasteiger charge is -2.06. The Kier molecular flexibility index (Phi) is 4.05. The summed E-state index contributed by atoms with van der Waals surface area (Å²) in [6, 6.07) is 12.6. The molecular weight excluding hydrogens is 299 g/mol. The van der Waals surface area contributed by atoms with E-state index in [0.717, 1.165) is 11.1 Å². The first-order chi connectivity index (χ1) is 11.1. The summed E-state index contributed by atoms with van der Waals surface area (Å²) in [5.41, 5.74) is 1.82. The predicted octanol–water partition coefficient (Wildman–Crippen LogP) is 2.58. The molecule has 3 amide bonds. The van der Waals surface area contributed by atoms with Crippen LogP contribution in [0.4, 0.5) is 9.18 Å². The summed E-state index contributed by atoms with van der Waals surface area (Å²) in [7, 11) is 0. The lowest BCUT2D eigenvalue weighted by atomic mass is 10.2. The van der Waals surface area contributed by atoms with Crippen LogP contribution in [0.2, 0.25) is 0 Å². The van der Waals surface area contributed by atoms with Gasteiger partial charge in [-0.25, -0.2) is 9.18 Å². The number of imide groups is 1. The van der Waals surface area contributed by atoms with E-state index >= 15 is 0 Å². The SMILES string of the molecule is O=C1NC(=O)/C(=C/c2ccc(OCc3ccc(F)cc3)cc2)N1. The van der Waals surface area contributed by atoms with Crippen LogP contribution in [0.1, 0.15) is 11.1 Å². The van der Waals surface area contributed by atoms with Gasteiger partial charge in [-0.3, -0.25) is 10.1 Å². The first-order valence-corrected chi connectivity index (χ1v) is 6.91. The van der Waals surface area contributed by atoms with E-state index in [1.54, 1.807) is 42.5 Å². The van der Waals surface area contributed by atoms with E-state index in [2.05, 4.69) is 10.6 Å². The second-order valence-electron chi connectivity index (χ2n) is 4.95. The van der Waals surface area contributed by atoms with E-state index in [4.69, 9.17) is 4.74 Å². The van der Waals surface area contributed by atoms with Gasteiger partial charge in [0.2, 0.25) is 0 Å². The third kappa shape index (κ3) is 3.74. The monoisotopic (exact) mass is 312 g/mol. The summed E-state index contributed by atoms with van der Waals surface area (Å²) in [5.74, 6) is -0.0859. The Labute approximate surface area is 131 Å². The van der Waals surface area contributed by atoms with Crippen molar-refractivity contribution in [2.24, 2.45) is 0 Å². The maximum Gasteiger partial charge on any atom is 0.326 e. The van der Waals surface area contributed by atoms with Crippen LogP contribution in [-0.2, 0) is 11.4 Å². The van der Waals surface area contributed by atoms with Gasteiger partial charge in [0.05, 0.1) is 0 Å². The normalized spacial score (nSPS) is 15.4. The molecule has 1 aliphatic heterocycles. The summed E-state index contributed by atoms with van der Waals surface area (Å²) < 4.78 is 18.4. The molecule has 0 aliphatic carbocycles. The molecule has 3 rings (SSSR count). The van der Waals surface area contributed by atoms with E-state index < -0.39 is 11.9 Å². The lowest BCUT2D eigenvalue weighted by Crippen LogP contribution is -2.22. The summed E-state index contributed by atoms with van der Waals surface area (Å²) >= 11 is 0. The molecule has 1 aliphatic rings. The summed E-state index contributed by atoms with van der Waals surface area (Å²) in [5, 5.41) is 4.55. The van der Waals surface area contributed by atoms with Gasteiger partial charge in [-0.05, 0) is 41.5 Å². The Morgan fingerprint density at radius 1 is 0.957 bits per heavy atom. The van der Waals surface area contributed by atoms with Crippen molar-refractivity contribution in [3.8, 4) is 5.75 Å². The molecule has 0 bridgehead atoms. The largest absolute Gasteiger partial charge is 0.489 e. The molecule has 0 unspecified atom stereocenters.